The van der Waals surface area contributed by atoms with Gasteiger partial charge in [-0.3, -0.25) is 14.5 Å². The number of carboxylic acids is 1. The number of nitrogens with one attached hydrogen (secondary N) is 1. The van der Waals surface area contributed by atoms with Gasteiger partial charge in [-0.1, -0.05) is 0 Å². The largest absolute Gasteiger partial charge is 0.481 e. The van der Waals surface area contributed by atoms with Crippen molar-refractivity contribution in [2.45, 2.75) is 38.3 Å². The Balaban J connectivity index is 1.69. The molecule has 1 saturated carbocycles. The third-order valence-electron chi connectivity index (χ3n) is 3.90. The van der Waals surface area contributed by atoms with E-state index in [1.807, 2.05) is 6.92 Å². The molecule has 0 radical (unpaired) electrons. The van der Waals surface area contributed by atoms with E-state index >= 15 is 0 Å². The van der Waals surface area contributed by atoms with Crippen LogP contribution in [0.2, 0.25) is 0 Å². The Morgan fingerprint density at radius 2 is 1.89 bits per heavy atom. The molecule has 0 bridgehead atoms. The van der Waals surface area contributed by atoms with Gasteiger partial charge in [-0.25, -0.2) is 0 Å². The lowest BCUT2D eigenvalue weighted by atomic mass is 10.2. The van der Waals surface area contributed by atoms with Crippen LogP contribution in [0.3, 0.4) is 0 Å². The zero-order valence-corrected chi connectivity index (χ0v) is 11.5. The number of amides is 1. The Bertz CT molecular complexity index is 336. The van der Waals surface area contributed by atoms with Crippen molar-refractivity contribution in [2.24, 2.45) is 0 Å². The van der Waals surface area contributed by atoms with Crippen LogP contribution < -0.4 is 5.32 Å². The quantitative estimate of drug-likeness (QED) is 0.695. The maximum atomic E-state index is 11.9. The summed E-state index contributed by atoms with van der Waals surface area (Å²) in [6, 6.07) is 0.328. The average Bonchev–Trinajstić information content (AvgIpc) is 3.20. The van der Waals surface area contributed by atoms with E-state index in [4.69, 9.17) is 5.11 Å². The molecule has 2 rings (SSSR count). The molecule has 0 aromatic rings. The van der Waals surface area contributed by atoms with E-state index in [9.17, 15) is 9.59 Å². The van der Waals surface area contributed by atoms with Gasteiger partial charge in [0.05, 0.1) is 12.5 Å². The van der Waals surface area contributed by atoms with Crippen LogP contribution in [0.4, 0.5) is 0 Å². The van der Waals surface area contributed by atoms with E-state index in [0.29, 0.717) is 12.6 Å². The summed E-state index contributed by atoms with van der Waals surface area (Å²) in [6.07, 6.45) is 2.42. The summed E-state index contributed by atoms with van der Waals surface area (Å²) in [5, 5.41) is 11.7. The smallest absolute Gasteiger partial charge is 0.304 e. The van der Waals surface area contributed by atoms with Crippen molar-refractivity contribution >= 4 is 11.9 Å². The second kappa shape index (κ2) is 6.34. The molecule has 1 atom stereocenters. The van der Waals surface area contributed by atoms with Crippen LogP contribution in [0.1, 0.15) is 26.2 Å². The number of nitrogens with zero attached hydrogens (tertiary/aromatic N) is 2. The molecule has 2 aliphatic rings. The lowest BCUT2D eigenvalue weighted by Gasteiger charge is -2.37. The molecule has 0 spiro atoms. The predicted octanol–water partition coefficient (Wildman–Crippen LogP) is -0.254. The van der Waals surface area contributed by atoms with Gasteiger partial charge in [0, 0.05) is 38.8 Å². The second-order valence-corrected chi connectivity index (χ2v) is 5.48. The first-order valence-electron chi connectivity index (χ1n) is 7.05. The predicted molar refractivity (Wildman–Crippen MR) is 70.9 cm³/mol. The summed E-state index contributed by atoms with van der Waals surface area (Å²) in [7, 11) is 0. The van der Waals surface area contributed by atoms with Crippen molar-refractivity contribution in [1.29, 1.82) is 0 Å². The molecule has 108 valence electrons. The molecule has 2 N–H and O–H groups in total. The highest BCUT2D eigenvalue weighted by Crippen LogP contribution is 2.19. The molecule has 1 aliphatic carbocycles. The Labute approximate surface area is 113 Å². The fraction of sp³-hybridized carbons (Fsp3) is 0.846. The van der Waals surface area contributed by atoms with Crippen LogP contribution in [0.5, 0.6) is 0 Å². The first-order chi connectivity index (χ1) is 9.06. The molecule has 0 aromatic carbocycles. The normalized spacial score (nSPS) is 23.0. The summed E-state index contributed by atoms with van der Waals surface area (Å²) >= 11 is 0. The minimum Gasteiger partial charge on any atom is -0.481 e. The van der Waals surface area contributed by atoms with Gasteiger partial charge in [0.2, 0.25) is 5.91 Å². The summed E-state index contributed by atoms with van der Waals surface area (Å²) in [4.78, 5) is 26.8. The Hall–Kier alpha value is -1.14. The highest BCUT2D eigenvalue weighted by molar-refractivity contribution is 5.81. The maximum Gasteiger partial charge on any atom is 0.304 e. The third kappa shape index (κ3) is 4.47. The fourth-order valence-electron chi connectivity index (χ4n) is 2.34. The number of rotatable bonds is 6. The molecule has 1 saturated heterocycles. The molecule has 19 heavy (non-hydrogen) atoms. The van der Waals surface area contributed by atoms with Gasteiger partial charge in [0.1, 0.15) is 0 Å². The van der Waals surface area contributed by atoms with Crippen molar-refractivity contribution in [3.05, 3.63) is 0 Å². The maximum absolute atomic E-state index is 11.9. The molecule has 1 aliphatic heterocycles. The van der Waals surface area contributed by atoms with Crippen LogP contribution in [-0.2, 0) is 9.59 Å². The van der Waals surface area contributed by atoms with Crippen LogP contribution in [0.25, 0.3) is 0 Å². The molecule has 6 heteroatoms. The third-order valence-corrected chi connectivity index (χ3v) is 3.90. The molecule has 6 nitrogen and oxygen atoms in total. The Morgan fingerprint density at radius 1 is 1.26 bits per heavy atom. The van der Waals surface area contributed by atoms with E-state index in [-0.39, 0.29) is 18.4 Å². The summed E-state index contributed by atoms with van der Waals surface area (Å²) in [5.41, 5.74) is 0. The lowest BCUT2D eigenvalue weighted by Crippen LogP contribution is -2.54. The minimum absolute atomic E-state index is 0.0813. The van der Waals surface area contributed by atoms with Crippen LogP contribution >= 0.6 is 0 Å². The van der Waals surface area contributed by atoms with E-state index < -0.39 is 5.97 Å². The van der Waals surface area contributed by atoms with Gasteiger partial charge in [0.25, 0.3) is 0 Å². The molecule has 1 amide bonds. The summed E-state index contributed by atoms with van der Waals surface area (Å²) in [5.74, 6) is -0.624. The van der Waals surface area contributed by atoms with Gasteiger partial charge in [0.15, 0.2) is 0 Å². The monoisotopic (exact) mass is 269 g/mol. The summed E-state index contributed by atoms with van der Waals surface area (Å²) < 4.78 is 0. The minimum atomic E-state index is -0.750. The SMILES string of the molecule is CC(C(=O)NC1CC1)N1CCN(CCC(=O)O)CC1. The molecule has 1 unspecified atom stereocenters. The number of carbonyl (C=O) groups is 2. The molecule has 0 aromatic heterocycles. The average molecular weight is 269 g/mol. The van der Waals surface area contributed by atoms with E-state index in [1.54, 1.807) is 0 Å². The van der Waals surface area contributed by atoms with E-state index in [1.165, 1.54) is 0 Å². The number of hydrogen-bond donors (Lipinski definition) is 2. The van der Waals surface area contributed by atoms with Crippen molar-refractivity contribution in [1.82, 2.24) is 15.1 Å². The topological polar surface area (TPSA) is 72.9 Å². The van der Waals surface area contributed by atoms with E-state index in [2.05, 4.69) is 15.1 Å². The Morgan fingerprint density at radius 3 is 2.42 bits per heavy atom. The highest BCUT2D eigenvalue weighted by atomic mass is 16.4. The number of piperazine rings is 1. The first-order valence-corrected chi connectivity index (χ1v) is 7.05. The molecular formula is C13H23N3O3. The van der Waals surface area contributed by atoms with Crippen molar-refractivity contribution in [3.8, 4) is 0 Å². The molecular weight excluding hydrogens is 246 g/mol. The molecule has 2 fully saturated rings. The number of carboxylic acid groups (broad SMARTS) is 1. The van der Waals surface area contributed by atoms with Crippen molar-refractivity contribution < 1.29 is 14.7 Å². The number of carbonyl (C=O) groups excluding carboxylic acids is 1. The zero-order valence-electron chi connectivity index (χ0n) is 11.5. The van der Waals surface area contributed by atoms with Crippen LogP contribution in [0.15, 0.2) is 0 Å². The fourth-order valence-corrected chi connectivity index (χ4v) is 2.34. The van der Waals surface area contributed by atoms with Crippen molar-refractivity contribution in [3.63, 3.8) is 0 Å². The van der Waals surface area contributed by atoms with Gasteiger partial charge in [-0.05, 0) is 19.8 Å². The van der Waals surface area contributed by atoms with Crippen molar-refractivity contribution in [2.75, 3.05) is 32.7 Å². The summed E-state index contributed by atoms with van der Waals surface area (Å²) in [6.45, 7) is 5.90. The number of aliphatic carboxylic acids is 1. The zero-order chi connectivity index (χ0) is 13.8. The van der Waals surface area contributed by atoms with Gasteiger partial charge in [-0.2, -0.15) is 0 Å². The Kier molecular flexibility index (Phi) is 4.76. The highest BCUT2D eigenvalue weighted by Gasteiger charge is 2.29. The lowest BCUT2D eigenvalue weighted by molar-refractivity contribution is -0.137. The first kappa shape index (κ1) is 14.3. The molecule has 1 heterocycles. The van der Waals surface area contributed by atoms with Gasteiger partial charge >= 0.3 is 5.97 Å². The van der Waals surface area contributed by atoms with E-state index in [0.717, 1.165) is 39.0 Å². The second-order valence-electron chi connectivity index (χ2n) is 5.48. The van der Waals surface area contributed by atoms with Crippen LogP contribution in [0, 0.1) is 0 Å². The van der Waals surface area contributed by atoms with Gasteiger partial charge in [-0.15, -0.1) is 0 Å². The van der Waals surface area contributed by atoms with Crippen LogP contribution in [-0.4, -0.2) is 71.6 Å². The standard InChI is InChI=1S/C13H23N3O3/c1-10(13(19)14-11-2-3-11)16-8-6-15(7-9-16)5-4-12(17)18/h10-11H,2-9H2,1H3,(H,14,19)(H,17,18). The van der Waals surface area contributed by atoms with Gasteiger partial charge < -0.3 is 15.3 Å². The number of hydrogen-bond acceptors (Lipinski definition) is 4.